The Labute approximate surface area is 457 Å². The first-order valence-electron chi connectivity index (χ1n) is 33.3. The minimum atomic E-state index is -0.764. The van der Waals surface area contributed by atoms with E-state index in [1.54, 1.807) is 0 Å². The van der Waals surface area contributed by atoms with Crippen molar-refractivity contribution in [1.82, 2.24) is 0 Å². The maximum Gasteiger partial charge on any atom is 0.306 e. The van der Waals surface area contributed by atoms with Crippen molar-refractivity contribution in [2.75, 3.05) is 13.2 Å². The summed E-state index contributed by atoms with van der Waals surface area (Å²) in [4.78, 5) is 38.4. The Morgan fingerprint density at radius 2 is 0.521 bits per heavy atom. The number of hydrogen-bond donors (Lipinski definition) is 0. The van der Waals surface area contributed by atoms with Gasteiger partial charge in [0.15, 0.2) is 6.10 Å². The minimum absolute atomic E-state index is 0.0616. The van der Waals surface area contributed by atoms with Crippen LogP contribution in [0.15, 0.2) is 0 Å². The van der Waals surface area contributed by atoms with Crippen molar-refractivity contribution in [3.05, 3.63) is 0 Å². The fraction of sp³-hybridized carbons (Fsp3) is 0.955. The Morgan fingerprint density at radius 3 is 0.781 bits per heavy atom. The summed E-state index contributed by atoms with van der Waals surface area (Å²) in [5.74, 6) is 0.921. The molecule has 0 rings (SSSR count). The van der Waals surface area contributed by atoms with Crippen LogP contribution < -0.4 is 0 Å². The van der Waals surface area contributed by atoms with E-state index < -0.39 is 6.10 Å². The van der Waals surface area contributed by atoms with Gasteiger partial charge in [0.1, 0.15) is 13.2 Å². The van der Waals surface area contributed by atoms with Crippen LogP contribution in [0.1, 0.15) is 381 Å². The third-order valence-electron chi connectivity index (χ3n) is 15.8. The number of rotatable bonds is 61. The van der Waals surface area contributed by atoms with E-state index in [1.807, 2.05) is 0 Å². The molecule has 0 aromatic carbocycles. The van der Waals surface area contributed by atoms with Crippen LogP contribution >= 0.6 is 0 Å². The van der Waals surface area contributed by atoms with Gasteiger partial charge < -0.3 is 14.2 Å². The molecular weight excluding hydrogens is 901 g/mol. The monoisotopic (exact) mass is 1030 g/mol. The zero-order valence-electron chi connectivity index (χ0n) is 50.3. The molecule has 0 aromatic rings. The van der Waals surface area contributed by atoms with Gasteiger partial charge in [-0.25, -0.2) is 0 Å². The molecule has 0 saturated carbocycles. The molecule has 0 amide bonds. The van der Waals surface area contributed by atoms with E-state index in [4.69, 9.17) is 14.2 Å². The molecule has 0 spiro atoms. The van der Waals surface area contributed by atoms with Crippen LogP contribution in [0, 0.1) is 11.8 Å². The van der Waals surface area contributed by atoms with E-state index in [1.165, 1.54) is 270 Å². The summed E-state index contributed by atoms with van der Waals surface area (Å²) >= 11 is 0. The van der Waals surface area contributed by atoms with E-state index in [9.17, 15) is 14.4 Å². The highest BCUT2D eigenvalue weighted by Gasteiger charge is 2.19. The van der Waals surface area contributed by atoms with E-state index in [0.29, 0.717) is 19.3 Å². The Bertz CT molecular complexity index is 1120. The van der Waals surface area contributed by atoms with Crippen molar-refractivity contribution in [3.8, 4) is 0 Å². The molecular formula is C67H130O6. The lowest BCUT2D eigenvalue weighted by Gasteiger charge is -2.18. The summed E-state index contributed by atoms with van der Waals surface area (Å²) in [6, 6.07) is 0. The molecule has 0 aromatic heterocycles. The lowest BCUT2D eigenvalue weighted by molar-refractivity contribution is -0.167. The molecule has 434 valence electrons. The second-order valence-corrected chi connectivity index (χ2v) is 23.8. The standard InChI is InChI=1S/C67H130O6/c1-6-8-9-10-11-12-13-14-15-18-23-28-34-39-44-49-54-59-67(70)73-64(61-72-66(69)58-53-48-43-38-33-29-24-25-30-35-40-45-50-55-62(3)4)60-71-65(68)57-52-47-42-37-32-27-22-20-17-16-19-21-26-31-36-41-46-51-56-63(5)7-2/h62-64H,6-61H2,1-5H3/t63?,64-/m0/s1. The second-order valence-electron chi connectivity index (χ2n) is 23.8. The molecule has 2 atom stereocenters. The first-order valence-corrected chi connectivity index (χ1v) is 33.3. The highest BCUT2D eigenvalue weighted by atomic mass is 16.6. The van der Waals surface area contributed by atoms with Crippen molar-refractivity contribution in [2.45, 2.75) is 387 Å². The van der Waals surface area contributed by atoms with E-state index in [0.717, 1.165) is 69.6 Å². The van der Waals surface area contributed by atoms with Gasteiger partial charge in [0.25, 0.3) is 0 Å². The Morgan fingerprint density at radius 1 is 0.288 bits per heavy atom. The first kappa shape index (κ1) is 71.4. The number of esters is 3. The summed E-state index contributed by atoms with van der Waals surface area (Å²) in [5.41, 5.74) is 0. The molecule has 0 bridgehead atoms. The van der Waals surface area contributed by atoms with Crippen molar-refractivity contribution in [3.63, 3.8) is 0 Å². The van der Waals surface area contributed by atoms with Gasteiger partial charge >= 0.3 is 17.9 Å². The van der Waals surface area contributed by atoms with Crippen LogP contribution in [0.25, 0.3) is 0 Å². The predicted molar refractivity (Wildman–Crippen MR) is 316 cm³/mol. The maximum atomic E-state index is 12.9. The van der Waals surface area contributed by atoms with E-state index in [-0.39, 0.29) is 31.1 Å². The van der Waals surface area contributed by atoms with Crippen LogP contribution in [0.5, 0.6) is 0 Å². The van der Waals surface area contributed by atoms with Gasteiger partial charge in [0, 0.05) is 19.3 Å². The van der Waals surface area contributed by atoms with Crippen LogP contribution in [-0.4, -0.2) is 37.2 Å². The highest BCUT2D eigenvalue weighted by molar-refractivity contribution is 5.71. The molecule has 0 heterocycles. The Hall–Kier alpha value is -1.59. The van der Waals surface area contributed by atoms with Crippen molar-refractivity contribution in [2.24, 2.45) is 11.8 Å². The Kier molecular flexibility index (Phi) is 58.4. The van der Waals surface area contributed by atoms with Crippen LogP contribution in [0.2, 0.25) is 0 Å². The van der Waals surface area contributed by atoms with Gasteiger partial charge in [-0.3, -0.25) is 14.4 Å². The molecule has 6 nitrogen and oxygen atoms in total. The van der Waals surface area contributed by atoms with Gasteiger partial charge in [0.05, 0.1) is 0 Å². The van der Waals surface area contributed by atoms with Gasteiger partial charge in [-0.15, -0.1) is 0 Å². The molecule has 6 heteroatoms. The predicted octanol–water partition coefficient (Wildman–Crippen LogP) is 22.4. The van der Waals surface area contributed by atoms with Crippen LogP contribution in [0.3, 0.4) is 0 Å². The lowest BCUT2D eigenvalue weighted by Crippen LogP contribution is -2.30. The van der Waals surface area contributed by atoms with Gasteiger partial charge in [-0.1, -0.05) is 343 Å². The normalized spacial score (nSPS) is 12.4. The van der Waals surface area contributed by atoms with Gasteiger partial charge in [0.2, 0.25) is 0 Å². The molecule has 0 aliphatic heterocycles. The molecule has 0 aliphatic carbocycles. The first-order chi connectivity index (χ1) is 35.8. The quantitative estimate of drug-likeness (QED) is 0.0343. The van der Waals surface area contributed by atoms with E-state index in [2.05, 4.69) is 34.6 Å². The smallest absolute Gasteiger partial charge is 0.306 e. The number of hydrogen-bond acceptors (Lipinski definition) is 6. The average Bonchev–Trinajstić information content (AvgIpc) is 3.38. The zero-order valence-corrected chi connectivity index (χ0v) is 50.3. The number of carbonyl (C=O) groups is 3. The maximum absolute atomic E-state index is 12.9. The number of ether oxygens (including phenoxy) is 3. The number of carbonyl (C=O) groups excluding carboxylic acids is 3. The summed E-state index contributed by atoms with van der Waals surface area (Å²) in [6.45, 7) is 11.5. The molecule has 0 fully saturated rings. The molecule has 1 unspecified atom stereocenters. The second kappa shape index (κ2) is 59.7. The molecule has 0 saturated heterocycles. The van der Waals surface area contributed by atoms with Crippen LogP contribution in [0.4, 0.5) is 0 Å². The number of unbranched alkanes of at least 4 members (excludes halogenated alkanes) is 45. The van der Waals surface area contributed by atoms with Crippen LogP contribution in [-0.2, 0) is 28.6 Å². The highest BCUT2D eigenvalue weighted by Crippen LogP contribution is 2.20. The zero-order chi connectivity index (χ0) is 53.2. The van der Waals surface area contributed by atoms with Crippen molar-refractivity contribution in [1.29, 1.82) is 0 Å². The summed E-state index contributed by atoms with van der Waals surface area (Å²) in [7, 11) is 0. The van der Waals surface area contributed by atoms with E-state index >= 15 is 0 Å². The fourth-order valence-electron chi connectivity index (χ4n) is 10.4. The topological polar surface area (TPSA) is 78.9 Å². The summed E-state index contributed by atoms with van der Waals surface area (Å²) in [6.07, 6.45) is 66.7. The molecule has 0 N–H and O–H groups in total. The molecule has 0 radical (unpaired) electrons. The summed E-state index contributed by atoms with van der Waals surface area (Å²) < 4.78 is 17.0. The molecule has 73 heavy (non-hydrogen) atoms. The van der Waals surface area contributed by atoms with Crippen molar-refractivity contribution < 1.29 is 28.6 Å². The third kappa shape index (κ3) is 59.5. The largest absolute Gasteiger partial charge is 0.462 e. The van der Waals surface area contributed by atoms with Gasteiger partial charge in [-0.05, 0) is 31.1 Å². The lowest BCUT2D eigenvalue weighted by atomic mass is 9.99. The molecule has 0 aliphatic rings. The SMILES string of the molecule is CCCCCCCCCCCCCCCCCCCC(=O)O[C@@H](COC(=O)CCCCCCCCCCCCCCCCCCCCC(C)CC)COC(=O)CCCCCCCCCCCCCCCC(C)C. The average molecular weight is 1030 g/mol. The Balaban J connectivity index is 4.26. The van der Waals surface area contributed by atoms with Crippen molar-refractivity contribution >= 4 is 17.9 Å². The minimum Gasteiger partial charge on any atom is -0.462 e. The fourth-order valence-corrected chi connectivity index (χ4v) is 10.4. The van der Waals surface area contributed by atoms with Gasteiger partial charge in [-0.2, -0.15) is 0 Å². The third-order valence-corrected chi connectivity index (χ3v) is 15.8. The summed E-state index contributed by atoms with van der Waals surface area (Å²) in [5, 5.41) is 0.